The van der Waals surface area contributed by atoms with Gasteiger partial charge in [0.2, 0.25) is 0 Å². The Kier molecular flexibility index (Phi) is 5.62. The number of anilines is 1. The van der Waals surface area contributed by atoms with E-state index in [1.54, 1.807) is 0 Å². The average molecular weight is 390 g/mol. The van der Waals surface area contributed by atoms with Crippen molar-refractivity contribution in [3.63, 3.8) is 0 Å². The monoisotopic (exact) mass is 390 g/mol. The van der Waals surface area contributed by atoms with Gasteiger partial charge in [0.15, 0.2) is 0 Å². The molecule has 1 saturated heterocycles. The summed E-state index contributed by atoms with van der Waals surface area (Å²) in [4.78, 5) is 12.6. The van der Waals surface area contributed by atoms with Gasteiger partial charge in [-0.1, -0.05) is 36.4 Å². The van der Waals surface area contributed by atoms with Crippen LogP contribution in [0, 0.1) is 13.8 Å². The predicted molar refractivity (Wildman–Crippen MR) is 113 cm³/mol. The van der Waals surface area contributed by atoms with Crippen molar-refractivity contribution in [1.82, 2.24) is 15.1 Å². The van der Waals surface area contributed by atoms with Gasteiger partial charge in [0.1, 0.15) is 0 Å². The molecule has 2 amide bonds. The molecular weight excluding hydrogens is 364 g/mol. The molecule has 3 aromatic rings. The Balaban J connectivity index is 1.38. The summed E-state index contributed by atoms with van der Waals surface area (Å²) in [5.41, 5.74) is 4.82. The first-order valence-electron chi connectivity index (χ1n) is 9.96. The lowest BCUT2D eigenvalue weighted by Crippen LogP contribution is -2.42. The van der Waals surface area contributed by atoms with Gasteiger partial charge in [0.25, 0.3) is 0 Å². The molecule has 1 aliphatic rings. The number of aryl methyl sites for hydroxylation is 2. The first-order valence-corrected chi connectivity index (χ1v) is 9.96. The summed E-state index contributed by atoms with van der Waals surface area (Å²) >= 11 is 0. The van der Waals surface area contributed by atoms with Crippen molar-refractivity contribution in [2.75, 3.05) is 11.9 Å². The second kappa shape index (κ2) is 8.49. The van der Waals surface area contributed by atoms with E-state index in [-0.39, 0.29) is 18.2 Å². The van der Waals surface area contributed by atoms with Crippen LogP contribution in [0.25, 0.3) is 5.69 Å². The first kappa shape index (κ1) is 19.2. The van der Waals surface area contributed by atoms with Crippen LogP contribution in [0.15, 0.2) is 60.7 Å². The quantitative estimate of drug-likeness (QED) is 0.688. The van der Waals surface area contributed by atoms with Crippen molar-refractivity contribution in [3.8, 4) is 5.69 Å². The Morgan fingerprint density at radius 3 is 2.69 bits per heavy atom. The molecular formula is C23H26N4O2. The van der Waals surface area contributed by atoms with Gasteiger partial charge in [0, 0.05) is 24.0 Å². The van der Waals surface area contributed by atoms with Crippen molar-refractivity contribution in [1.29, 1.82) is 0 Å². The molecule has 0 aliphatic carbocycles. The Morgan fingerprint density at radius 1 is 1.10 bits per heavy atom. The van der Waals surface area contributed by atoms with Gasteiger partial charge in [-0.2, -0.15) is 5.10 Å². The first-order chi connectivity index (χ1) is 14.1. The number of benzene rings is 2. The molecule has 0 bridgehead atoms. The van der Waals surface area contributed by atoms with Gasteiger partial charge in [-0.15, -0.1) is 0 Å². The maximum absolute atomic E-state index is 12.6. The standard InChI is InChI=1S/C23H26N4O2/c1-16-13-17(2)27(26-16)21-10-6-9-19(14-21)24-23(28)25-20-11-12-29-22(15-20)18-7-4-3-5-8-18/h3-10,13-14,20,22H,11-12,15H2,1-2H3,(H2,24,25,28)/t20-,22-/m0/s1. The fourth-order valence-corrected chi connectivity index (χ4v) is 3.79. The van der Waals surface area contributed by atoms with Gasteiger partial charge in [-0.25, -0.2) is 9.48 Å². The zero-order valence-corrected chi connectivity index (χ0v) is 16.8. The third kappa shape index (κ3) is 4.66. The lowest BCUT2D eigenvalue weighted by atomic mass is 9.97. The van der Waals surface area contributed by atoms with E-state index >= 15 is 0 Å². The molecule has 6 heteroatoms. The number of ether oxygens (including phenoxy) is 1. The number of hydrogen-bond donors (Lipinski definition) is 2. The normalized spacial score (nSPS) is 19.0. The number of amides is 2. The largest absolute Gasteiger partial charge is 0.373 e. The zero-order valence-electron chi connectivity index (χ0n) is 16.8. The summed E-state index contributed by atoms with van der Waals surface area (Å²) in [6, 6.07) is 19.8. The van der Waals surface area contributed by atoms with Crippen molar-refractivity contribution < 1.29 is 9.53 Å². The molecule has 0 unspecified atom stereocenters. The number of nitrogens with zero attached hydrogens (tertiary/aromatic N) is 2. The molecule has 2 heterocycles. The van der Waals surface area contributed by atoms with Crippen LogP contribution in [-0.4, -0.2) is 28.5 Å². The minimum Gasteiger partial charge on any atom is -0.373 e. The Labute approximate surface area is 170 Å². The second-order valence-electron chi connectivity index (χ2n) is 7.48. The molecule has 0 radical (unpaired) electrons. The summed E-state index contributed by atoms with van der Waals surface area (Å²) in [7, 11) is 0. The van der Waals surface area contributed by atoms with Crippen molar-refractivity contribution >= 4 is 11.7 Å². The smallest absolute Gasteiger partial charge is 0.319 e. The zero-order chi connectivity index (χ0) is 20.2. The highest BCUT2D eigenvalue weighted by Gasteiger charge is 2.25. The molecule has 2 atom stereocenters. The molecule has 1 aromatic heterocycles. The predicted octanol–water partition coefficient (Wildman–Crippen LogP) is 4.53. The summed E-state index contributed by atoms with van der Waals surface area (Å²) in [6.07, 6.45) is 1.59. The number of urea groups is 1. The minimum atomic E-state index is -0.200. The van der Waals surface area contributed by atoms with E-state index in [0.29, 0.717) is 6.61 Å². The highest BCUT2D eigenvalue weighted by atomic mass is 16.5. The van der Waals surface area contributed by atoms with E-state index in [9.17, 15) is 4.79 Å². The SMILES string of the molecule is Cc1cc(C)n(-c2cccc(NC(=O)N[C@H]3CCO[C@H](c4ccccc4)C3)c2)n1. The summed E-state index contributed by atoms with van der Waals surface area (Å²) in [6.45, 7) is 4.62. The Hall–Kier alpha value is -3.12. The molecule has 1 fully saturated rings. The highest BCUT2D eigenvalue weighted by molar-refractivity contribution is 5.89. The molecule has 150 valence electrons. The van der Waals surface area contributed by atoms with Gasteiger partial charge in [-0.05, 0) is 56.5 Å². The van der Waals surface area contributed by atoms with Crippen LogP contribution in [0.3, 0.4) is 0 Å². The number of carbonyl (C=O) groups excluding carboxylic acids is 1. The number of hydrogen-bond acceptors (Lipinski definition) is 3. The van der Waals surface area contributed by atoms with E-state index in [2.05, 4.69) is 27.9 Å². The molecule has 1 aliphatic heterocycles. The number of carbonyl (C=O) groups is 1. The van der Waals surface area contributed by atoms with Gasteiger partial charge < -0.3 is 15.4 Å². The average Bonchev–Trinajstić information content (AvgIpc) is 3.07. The fourth-order valence-electron chi connectivity index (χ4n) is 3.79. The molecule has 6 nitrogen and oxygen atoms in total. The topological polar surface area (TPSA) is 68.2 Å². The van der Waals surface area contributed by atoms with Crippen LogP contribution in [-0.2, 0) is 4.74 Å². The molecule has 0 saturated carbocycles. The summed E-state index contributed by atoms with van der Waals surface area (Å²) in [5, 5.41) is 10.5. The van der Waals surface area contributed by atoms with E-state index in [1.807, 2.05) is 67.1 Å². The van der Waals surface area contributed by atoms with E-state index in [1.165, 1.54) is 0 Å². The highest BCUT2D eigenvalue weighted by Crippen LogP contribution is 2.28. The van der Waals surface area contributed by atoms with E-state index < -0.39 is 0 Å². The molecule has 2 N–H and O–H groups in total. The summed E-state index contributed by atoms with van der Waals surface area (Å²) < 4.78 is 7.77. The second-order valence-corrected chi connectivity index (χ2v) is 7.48. The number of nitrogens with one attached hydrogen (secondary N) is 2. The van der Waals surface area contributed by atoms with Crippen LogP contribution >= 0.6 is 0 Å². The van der Waals surface area contributed by atoms with Crippen molar-refractivity contribution in [2.45, 2.75) is 38.8 Å². The molecule has 2 aromatic carbocycles. The Bertz CT molecular complexity index is 984. The van der Waals surface area contributed by atoms with Gasteiger partial charge >= 0.3 is 6.03 Å². The van der Waals surface area contributed by atoms with E-state index in [4.69, 9.17) is 4.74 Å². The third-order valence-corrected chi connectivity index (χ3v) is 5.15. The summed E-state index contributed by atoms with van der Waals surface area (Å²) in [5.74, 6) is 0. The molecule has 4 rings (SSSR count). The van der Waals surface area contributed by atoms with E-state index in [0.717, 1.165) is 41.2 Å². The third-order valence-electron chi connectivity index (χ3n) is 5.15. The number of aromatic nitrogens is 2. The van der Waals surface area contributed by atoms with Crippen molar-refractivity contribution in [2.24, 2.45) is 0 Å². The van der Waals surface area contributed by atoms with Crippen LogP contribution in [0.1, 0.15) is 35.9 Å². The molecule has 29 heavy (non-hydrogen) atoms. The molecule has 0 spiro atoms. The van der Waals surface area contributed by atoms with Crippen molar-refractivity contribution in [3.05, 3.63) is 77.6 Å². The fraction of sp³-hybridized carbons (Fsp3) is 0.304. The van der Waals surface area contributed by atoms with Crippen LogP contribution in [0.5, 0.6) is 0 Å². The lowest BCUT2D eigenvalue weighted by Gasteiger charge is -2.30. The van der Waals surface area contributed by atoms with Gasteiger partial charge in [0.05, 0.1) is 17.5 Å². The van der Waals surface area contributed by atoms with Crippen LogP contribution in [0.2, 0.25) is 0 Å². The minimum absolute atomic E-state index is 0.0182. The van der Waals surface area contributed by atoms with Gasteiger partial charge in [-0.3, -0.25) is 0 Å². The van der Waals surface area contributed by atoms with Crippen LogP contribution < -0.4 is 10.6 Å². The Morgan fingerprint density at radius 2 is 1.93 bits per heavy atom. The number of rotatable bonds is 4. The van der Waals surface area contributed by atoms with Crippen LogP contribution in [0.4, 0.5) is 10.5 Å². The maximum atomic E-state index is 12.6. The maximum Gasteiger partial charge on any atom is 0.319 e. The lowest BCUT2D eigenvalue weighted by molar-refractivity contribution is 0.00254.